The van der Waals surface area contributed by atoms with Crippen LogP contribution in [0.5, 0.6) is 0 Å². The molecule has 0 fully saturated rings. The Morgan fingerprint density at radius 3 is 3.00 bits per heavy atom. The number of furan rings is 1. The molecule has 1 atom stereocenters. The van der Waals surface area contributed by atoms with Crippen LogP contribution in [0.2, 0.25) is 0 Å². The SMILES string of the molecule is C#CCC1(O)CC2=CC(=O)OC2=C(c2ccco2)C1. The minimum Gasteiger partial charge on any atom is -0.465 e. The third kappa shape index (κ3) is 1.98. The number of esters is 1. The van der Waals surface area contributed by atoms with E-state index in [1.54, 1.807) is 12.1 Å². The van der Waals surface area contributed by atoms with Crippen LogP contribution < -0.4 is 0 Å². The average molecular weight is 256 g/mol. The lowest BCUT2D eigenvalue weighted by molar-refractivity contribution is -0.132. The van der Waals surface area contributed by atoms with E-state index in [1.165, 1.54) is 12.3 Å². The number of fused-ring (bicyclic) bond motifs is 1. The fourth-order valence-corrected chi connectivity index (χ4v) is 2.58. The van der Waals surface area contributed by atoms with Crippen molar-refractivity contribution in [2.24, 2.45) is 0 Å². The largest absolute Gasteiger partial charge is 0.465 e. The number of carbonyl (C=O) groups excluding carboxylic acids is 1. The maximum atomic E-state index is 11.4. The molecule has 3 rings (SSSR count). The van der Waals surface area contributed by atoms with Crippen LogP contribution in [0.1, 0.15) is 25.0 Å². The predicted octanol–water partition coefficient (Wildman–Crippen LogP) is 2.02. The van der Waals surface area contributed by atoms with Gasteiger partial charge in [-0.2, -0.15) is 0 Å². The molecule has 1 aromatic heterocycles. The molecule has 1 aliphatic heterocycles. The molecule has 4 nitrogen and oxygen atoms in total. The molecule has 0 saturated carbocycles. The van der Waals surface area contributed by atoms with E-state index >= 15 is 0 Å². The summed E-state index contributed by atoms with van der Waals surface area (Å²) in [5, 5.41) is 10.5. The van der Waals surface area contributed by atoms with Gasteiger partial charge in [0.25, 0.3) is 0 Å². The highest BCUT2D eigenvalue weighted by atomic mass is 16.5. The molecular formula is C15H12O4. The standard InChI is InChI=1S/C15H12O4/c1-2-5-15(17)8-10-7-13(16)19-14(10)11(9-15)12-4-3-6-18-12/h1,3-4,6-7,17H,5,8-9H2. The van der Waals surface area contributed by atoms with Gasteiger partial charge in [-0.25, -0.2) is 4.79 Å². The summed E-state index contributed by atoms with van der Waals surface area (Å²) in [6.07, 6.45) is 9.10. The first-order chi connectivity index (χ1) is 9.11. The van der Waals surface area contributed by atoms with Gasteiger partial charge >= 0.3 is 5.97 Å². The van der Waals surface area contributed by atoms with Gasteiger partial charge in [0.05, 0.1) is 11.9 Å². The first-order valence-corrected chi connectivity index (χ1v) is 5.97. The first kappa shape index (κ1) is 11.8. The van der Waals surface area contributed by atoms with Crippen LogP contribution in [0.25, 0.3) is 5.57 Å². The van der Waals surface area contributed by atoms with Crippen molar-refractivity contribution in [1.82, 2.24) is 0 Å². The van der Waals surface area contributed by atoms with Crippen molar-refractivity contribution in [3.8, 4) is 12.3 Å². The zero-order valence-electron chi connectivity index (χ0n) is 10.2. The minimum absolute atomic E-state index is 0.218. The second-order valence-corrected chi connectivity index (χ2v) is 4.83. The summed E-state index contributed by atoms with van der Waals surface area (Å²) in [5.41, 5.74) is 0.312. The molecule has 1 unspecified atom stereocenters. The number of hydrogen-bond donors (Lipinski definition) is 1. The lowest BCUT2D eigenvalue weighted by Gasteiger charge is -2.32. The van der Waals surface area contributed by atoms with E-state index in [0.29, 0.717) is 35.5 Å². The van der Waals surface area contributed by atoms with Gasteiger partial charge in [0.15, 0.2) is 0 Å². The quantitative estimate of drug-likeness (QED) is 0.649. The van der Waals surface area contributed by atoms with Crippen LogP contribution >= 0.6 is 0 Å². The van der Waals surface area contributed by atoms with Gasteiger partial charge in [-0.1, -0.05) is 0 Å². The summed E-state index contributed by atoms with van der Waals surface area (Å²) >= 11 is 0. The molecule has 0 spiro atoms. The van der Waals surface area contributed by atoms with Gasteiger partial charge in [-0.3, -0.25) is 0 Å². The van der Waals surface area contributed by atoms with E-state index in [9.17, 15) is 9.90 Å². The second kappa shape index (κ2) is 4.15. The van der Waals surface area contributed by atoms with Crippen LogP contribution in [-0.4, -0.2) is 16.7 Å². The Bertz CT molecular complexity index is 628. The van der Waals surface area contributed by atoms with E-state index < -0.39 is 11.6 Å². The zero-order chi connectivity index (χ0) is 13.5. The molecule has 19 heavy (non-hydrogen) atoms. The highest BCUT2D eigenvalue weighted by Crippen LogP contribution is 2.45. The summed E-state index contributed by atoms with van der Waals surface area (Å²) in [6.45, 7) is 0. The lowest BCUT2D eigenvalue weighted by Crippen LogP contribution is -2.32. The van der Waals surface area contributed by atoms with Crippen LogP contribution in [0, 0.1) is 12.3 Å². The molecular weight excluding hydrogens is 244 g/mol. The lowest BCUT2D eigenvalue weighted by atomic mass is 9.78. The molecule has 2 aliphatic rings. The van der Waals surface area contributed by atoms with Gasteiger partial charge < -0.3 is 14.3 Å². The maximum absolute atomic E-state index is 11.4. The molecule has 0 aromatic carbocycles. The number of aliphatic hydroxyl groups is 1. The number of hydrogen-bond acceptors (Lipinski definition) is 4. The van der Waals surface area contributed by atoms with E-state index in [-0.39, 0.29) is 6.42 Å². The van der Waals surface area contributed by atoms with Crippen molar-refractivity contribution < 1.29 is 19.1 Å². The third-order valence-electron chi connectivity index (χ3n) is 3.34. The number of carbonyl (C=O) groups is 1. The van der Waals surface area contributed by atoms with E-state index in [4.69, 9.17) is 15.6 Å². The van der Waals surface area contributed by atoms with Gasteiger partial charge in [-0.15, -0.1) is 12.3 Å². The highest BCUT2D eigenvalue weighted by molar-refractivity contribution is 5.92. The number of allylic oxidation sites excluding steroid dienone is 1. The van der Waals surface area contributed by atoms with Gasteiger partial charge in [0.2, 0.25) is 0 Å². The van der Waals surface area contributed by atoms with Crippen molar-refractivity contribution in [3.05, 3.63) is 41.6 Å². The van der Waals surface area contributed by atoms with Crippen molar-refractivity contribution in [1.29, 1.82) is 0 Å². The Kier molecular flexibility index (Phi) is 2.58. The summed E-state index contributed by atoms with van der Waals surface area (Å²) in [7, 11) is 0. The van der Waals surface area contributed by atoms with E-state index in [0.717, 1.165) is 0 Å². The molecule has 0 saturated heterocycles. The topological polar surface area (TPSA) is 59.7 Å². The molecule has 0 radical (unpaired) electrons. The van der Waals surface area contributed by atoms with Crippen molar-refractivity contribution >= 4 is 11.5 Å². The van der Waals surface area contributed by atoms with Crippen molar-refractivity contribution in [2.75, 3.05) is 0 Å². The van der Waals surface area contributed by atoms with Crippen molar-refractivity contribution in [3.63, 3.8) is 0 Å². The number of ether oxygens (including phenoxy) is 1. The maximum Gasteiger partial charge on any atom is 0.336 e. The summed E-state index contributed by atoms with van der Waals surface area (Å²) in [6, 6.07) is 3.52. The fourth-order valence-electron chi connectivity index (χ4n) is 2.58. The second-order valence-electron chi connectivity index (χ2n) is 4.83. The minimum atomic E-state index is -1.06. The molecule has 0 bridgehead atoms. The van der Waals surface area contributed by atoms with Gasteiger partial charge in [0.1, 0.15) is 11.5 Å². The van der Waals surface area contributed by atoms with Crippen LogP contribution in [0.15, 0.2) is 40.2 Å². The summed E-state index contributed by atoms with van der Waals surface area (Å²) in [5.74, 6) is 3.15. The number of terminal acetylenes is 1. The zero-order valence-corrected chi connectivity index (χ0v) is 10.2. The molecule has 1 aliphatic carbocycles. The molecule has 0 amide bonds. The molecule has 2 heterocycles. The van der Waals surface area contributed by atoms with Gasteiger partial charge in [0, 0.05) is 36.5 Å². The monoisotopic (exact) mass is 256 g/mol. The molecule has 96 valence electrons. The highest BCUT2D eigenvalue weighted by Gasteiger charge is 2.40. The Morgan fingerprint density at radius 2 is 2.32 bits per heavy atom. The Labute approximate surface area is 110 Å². The Morgan fingerprint density at radius 1 is 1.47 bits per heavy atom. The summed E-state index contributed by atoms with van der Waals surface area (Å²) < 4.78 is 10.5. The first-order valence-electron chi connectivity index (χ1n) is 5.97. The predicted molar refractivity (Wildman–Crippen MR) is 67.4 cm³/mol. The van der Waals surface area contributed by atoms with E-state index in [2.05, 4.69) is 5.92 Å². The van der Waals surface area contributed by atoms with Crippen LogP contribution in [0.4, 0.5) is 0 Å². The number of rotatable bonds is 2. The molecule has 4 heteroatoms. The third-order valence-corrected chi connectivity index (χ3v) is 3.34. The van der Waals surface area contributed by atoms with Crippen LogP contribution in [-0.2, 0) is 9.53 Å². The Balaban J connectivity index is 2.09. The average Bonchev–Trinajstić information content (AvgIpc) is 2.96. The summed E-state index contributed by atoms with van der Waals surface area (Å²) in [4.78, 5) is 11.4. The normalized spacial score (nSPS) is 25.7. The molecule has 1 N–H and O–H groups in total. The van der Waals surface area contributed by atoms with Gasteiger partial charge in [-0.05, 0) is 12.1 Å². The van der Waals surface area contributed by atoms with Crippen molar-refractivity contribution in [2.45, 2.75) is 24.9 Å². The van der Waals surface area contributed by atoms with E-state index in [1.807, 2.05) is 0 Å². The fraction of sp³-hybridized carbons (Fsp3) is 0.267. The van der Waals surface area contributed by atoms with Crippen LogP contribution in [0.3, 0.4) is 0 Å². The molecule has 1 aromatic rings. The smallest absolute Gasteiger partial charge is 0.336 e. The Hall–Kier alpha value is -2.25.